The summed E-state index contributed by atoms with van der Waals surface area (Å²) < 4.78 is 2.17. The van der Waals surface area contributed by atoms with Crippen molar-refractivity contribution >= 4 is 0 Å². The molecule has 15 heavy (non-hydrogen) atoms. The maximum absolute atomic E-state index is 4.40. The molecule has 0 spiro atoms. The average molecular weight is 207 g/mol. The van der Waals surface area contributed by atoms with Gasteiger partial charge in [-0.1, -0.05) is 13.8 Å². The van der Waals surface area contributed by atoms with E-state index in [1.807, 2.05) is 6.20 Å². The first-order valence-electron chi connectivity index (χ1n) is 6.05. The van der Waals surface area contributed by atoms with Gasteiger partial charge in [0.1, 0.15) is 0 Å². The van der Waals surface area contributed by atoms with Crippen LogP contribution in [0.15, 0.2) is 12.3 Å². The molecular weight excluding hydrogens is 186 g/mol. The Balaban J connectivity index is 2.15. The van der Waals surface area contributed by atoms with Crippen molar-refractivity contribution in [2.24, 2.45) is 5.92 Å². The molecule has 1 aromatic heterocycles. The van der Waals surface area contributed by atoms with Gasteiger partial charge in [0.25, 0.3) is 0 Å². The van der Waals surface area contributed by atoms with Crippen molar-refractivity contribution in [3.05, 3.63) is 18.0 Å². The molecule has 0 bridgehead atoms. The molecule has 2 heterocycles. The third-order valence-corrected chi connectivity index (χ3v) is 3.39. The molecule has 1 aliphatic heterocycles. The fourth-order valence-corrected chi connectivity index (χ4v) is 2.44. The van der Waals surface area contributed by atoms with Gasteiger partial charge in [-0.15, -0.1) is 0 Å². The van der Waals surface area contributed by atoms with Crippen molar-refractivity contribution in [1.82, 2.24) is 15.1 Å². The largest absolute Gasteiger partial charge is 0.316 e. The Bertz CT molecular complexity index is 306. The summed E-state index contributed by atoms with van der Waals surface area (Å²) in [6.45, 7) is 7.88. The van der Waals surface area contributed by atoms with Crippen LogP contribution in [0, 0.1) is 5.92 Å². The molecule has 3 nitrogen and oxygen atoms in total. The first kappa shape index (κ1) is 10.7. The van der Waals surface area contributed by atoms with Crippen molar-refractivity contribution < 1.29 is 0 Å². The summed E-state index contributed by atoms with van der Waals surface area (Å²) in [6.07, 6.45) is 4.37. The Morgan fingerprint density at radius 1 is 1.60 bits per heavy atom. The van der Waals surface area contributed by atoms with Gasteiger partial charge in [0, 0.05) is 30.9 Å². The van der Waals surface area contributed by atoms with Crippen LogP contribution < -0.4 is 5.32 Å². The van der Waals surface area contributed by atoms with E-state index in [2.05, 4.69) is 35.0 Å². The molecule has 0 aromatic carbocycles. The van der Waals surface area contributed by atoms with Crippen LogP contribution in [-0.2, 0) is 6.54 Å². The maximum Gasteiger partial charge on any atom is 0.0492 e. The SMILES string of the molecule is CCCn1nccc1C1CNCCC1C. The molecule has 0 aliphatic carbocycles. The Kier molecular flexibility index (Phi) is 3.41. The second-order valence-corrected chi connectivity index (χ2v) is 4.56. The zero-order valence-corrected chi connectivity index (χ0v) is 9.74. The topological polar surface area (TPSA) is 29.9 Å². The number of aromatic nitrogens is 2. The van der Waals surface area contributed by atoms with Crippen LogP contribution in [0.3, 0.4) is 0 Å². The van der Waals surface area contributed by atoms with Crippen molar-refractivity contribution in [2.45, 2.75) is 39.2 Å². The average Bonchev–Trinajstić information content (AvgIpc) is 2.67. The van der Waals surface area contributed by atoms with Gasteiger partial charge in [-0.2, -0.15) is 5.10 Å². The summed E-state index contributed by atoms with van der Waals surface area (Å²) in [6, 6.07) is 2.18. The number of hydrogen-bond acceptors (Lipinski definition) is 2. The molecule has 0 radical (unpaired) electrons. The lowest BCUT2D eigenvalue weighted by atomic mass is 9.85. The van der Waals surface area contributed by atoms with E-state index in [0.29, 0.717) is 5.92 Å². The van der Waals surface area contributed by atoms with Gasteiger partial charge >= 0.3 is 0 Å². The van der Waals surface area contributed by atoms with E-state index in [0.717, 1.165) is 25.4 Å². The van der Waals surface area contributed by atoms with Gasteiger partial charge in [-0.05, 0) is 31.4 Å². The summed E-state index contributed by atoms with van der Waals surface area (Å²) in [4.78, 5) is 0. The van der Waals surface area contributed by atoms with Crippen molar-refractivity contribution in [1.29, 1.82) is 0 Å². The zero-order valence-electron chi connectivity index (χ0n) is 9.74. The lowest BCUT2D eigenvalue weighted by Crippen LogP contribution is -2.35. The van der Waals surface area contributed by atoms with E-state index in [9.17, 15) is 0 Å². The van der Waals surface area contributed by atoms with E-state index in [1.54, 1.807) is 0 Å². The van der Waals surface area contributed by atoms with Crippen molar-refractivity contribution in [3.8, 4) is 0 Å². The van der Waals surface area contributed by atoms with Crippen molar-refractivity contribution in [2.75, 3.05) is 13.1 Å². The first-order valence-corrected chi connectivity index (χ1v) is 6.05. The van der Waals surface area contributed by atoms with Crippen LogP contribution >= 0.6 is 0 Å². The Labute approximate surface area is 91.9 Å². The fraction of sp³-hybridized carbons (Fsp3) is 0.750. The second-order valence-electron chi connectivity index (χ2n) is 4.56. The molecule has 0 saturated carbocycles. The smallest absolute Gasteiger partial charge is 0.0492 e. The highest BCUT2D eigenvalue weighted by molar-refractivity contribution is 5.11. The van der Waals surface area contributed by atoms with Gasteiger partial charge in [0.05, 0.1) is 0 Å². The lowest BCUT2D eigenvalue weighted by Gasteiger charge is -2.30. The molecule has 2 rings (SSSR count). The first-order chi connectivity index (χ1) is 7.33. The summed E-state index contributed by atoms with van der Waals surface area (Å²) >= 11 is 0. The highest BCUT2D eigenvalue weighted by Gasteiger charge is 2.25. The summed E-state index contributed by atoms with van der Waals surface area (Å²) in [5, 5.41) is 7.89. The van der Waals surface area contributed by atoms with Crippen LogP contribution in [0.5, 0.6) is 0 Å². The van der Waals surface area contributed by atoms with Gasteiger partial charge < -0.3 is 5.32 Å². The fourth-order valence-electron chi connectivity index (χ4n) is 2.44. The molecule has 2 unspecified atom stereocenters. The molecule has 1 saturated heterocycles. The molecular formula is C12H21N3. The normalized spacial score (nSPS) is 26.8. The van der Waals surface area contributed by atoms with E-state index in [1.165, 1.54) is 18.7 Å². The van der Waals surface area contributed by atoms with Crippen molar-refractivity contribution in [3.63, 3.8) is 0 Å². The van der Waals surface area contributed by atoms with Crippen LogP contribution in [0.4, 0.5) is 0 Å². The third kappa shape index (κ3) is 2.23. The minimum atomic E-state index is 0.646. The van der Waals surface area contributed by atoms with Crippen LogP contribution in [0.2, 0.25) is 0 Å². The minimum absolute atomic E-state index is 0.646. The van der Waals surface area contributed by atoms with E-state index < -0.39 is 0 Å². The lowest BCUT2D eigenvalue weighted by molar-refractivity contribution is 0.330. The van der Waals surface area contributed by atoms with Crippen LogP contribution in [-0.4, -0.2) is 22.9 Å². The molecule has 84 valence electrons. The van der Waals surface area contributed by atoms with Gasteiger partial charge in [-0.25, -0.2) is 0 Å². The predicted octanol–water partition coefficient (Wildman–Crippen LogP) is 2.01. The number of rotatable bonds is 3. The van der Waals surface area contributed by atoms with Crippen LogP contribution in [0.1, 0.15) is 38.3 Å². The molecule has 2 atom stereocenters. The van der Waals surface area contributed by atoms with E-state index in [-0.39, 0.29) is 0 Å². The molecule has 1 aromatic rings. The molecule has 1 aliphatic rings. The highest BCUT2D eigenvalue weighted by atomic mass is 15.3. The van der Waals surface area contributed by atoms with E-state index >= 15 is 0 Å². The summed E-state index contributed by atoms with van der Waals surface area (Å²) in [7, 11) is 0. The zero-order chi connectivity index (χ0) is 10.7. The standard InChI is InChI=1S/C12H21N3/c1-3-8-15-12(5-7-14-15)11-9-13-6-4-10(11)2/h5,7,10-11,13H,3-4,6,8-9H2,1-2H3. The molecule has 1 fully saturated rings. The van der Waals surface area contributed by atoms with Gasteiger partial charge in [0.15, 0.2) is 0 Å². The Hall–Kier alpha value is -0.830. The van der Waals surface area contributed by atoms with Gasteiger partial charge in [-0.3, -0.25) is 4.68 Å². The number of aryl methyl sites for hydroxylation is 1. The number of hydrogen-bond donors (Lipinski definition) is 1. The number of nitrogens with one attached hydrogen (secondary N) is 1. The Morgan fingerprint density at radius 2 is 2.47 bits per heavy atom. The molecule has 3 heteroatoms. The highest BCUT2D eigenvalue weighted by Crippen LogP contribution is 2.28. The monoisotopic (exact) mass is 207 g/mol. The van der Waals surface area contributed by atoms with E-state index in [4.69, 9.17) is 0 Å². The molecule has 0 amide bonds. The van der Waals surface area contributed by atoms with Crippen LogP contribution in [0.25, 0.3) is 0 Å². The Morgan fingerprint density at radius 3 is 3.20 bits per heavy atom. The number of nitrogens with zero attached hydrogens (tertiary/aromatic N) is 2. The minimum Gasteiger partial charge on any atom is -0.316 e. The summed E-state index contributed by atoms with van der Waals surface area (Å²) in [5.74, 6) is 1.42. The third-order valence-electron chi connectivity index (χ3n) is 3.39. The summed E-state index contributed by atoms with van der Waals surface area (Å²) in [5.41, 5.74) is 1.41. The number of piperidine rings is 1. The quantitative estimate of drug-likeness (QED) is 0.821. The predicted molar refractivity (Wildman–Crippen MR) is 61.9 cm³/mol. The molecule has 1 N–H and O–H groups in total. The van der Waals surface area contributed by atoms with Gasteiger partial charge in [0.2, 0.25) is 0 Å². The maximum atomic E-state index is 4.40. The second kappa shape index (κ2) is 4.79.